The van der Waals surface area contributed by atoms with Gasteiger partial charge < -0.3 is 9.64 Å². The van der Waals surface area contributed by atoms with E-state index in [-0.39, 0.29) is 0 Å². The minimum Gasteiger partial charge on any atom is -0.376 e. The molecule has 3 saturated heterocycles. The first-order valence-electron chi connectivity index (χ1n) is 9.47. The molecule has 3 aliphatic rings. The van der Waals surface area contributed by atoms with Crippen LogP contribution in [-0.4, -0.2) is 80.3 Å². The third kappa shape index (κ3) is 3.86. The van der Waals surface area contributed by atoms with Crippen LogP contribution in [0.3, 0.4) is 0 Å². The number of aryl methyl sites for hydroxylation is 1. The Morgan fingerprint density at radius 1 is 1.12 bits per heavy atom. The fourth-order valence-corrected chi connectivity index (χ4v) is 5.44. The molecule has 3 aliphatic heterocycles. The average Bonchev–Trinajstić information content (AvgIpc) is 3.16. The summed E-state index contributed by atoms with van der Waals surface area (Å²) in [5.74, 6) is 1.53. The quantitative estimate of drug-likeness (QED) is 0.829. The van der Waals surface area contributed by atoms with Gasteiger partial charge in [0.1, 0.15) is 0 Å². The van der Waals surface area contributed by atoms with Gasteiger partial charge in [-0.25, -0.2) is 0 Å². The van der Waals surface area contributed by atoms with Crippen molar-refractivity contribution in [1.82, 2.24) is 14.7 Å². The van der Waals surface area contributed by atoms with E-state index < -0.39 is 0 Å². The molecule has 0 aliphatic carbocycles. The fourth-order valence-electron chi connectivity index (χ4n) is 4.51. The van der Waals surface area contributed by atoms with E-state index >= 15 is 0 Å². The van der Waals surface area contributed by atoms with Crippen molar-refractivity contribution >= 4 is 11.3 Å². The standard InChI is InChI=1S/C19H31N3OS/c1-15-3-4-17(24-15)11-22-6-5-16-14-23-19(18(16)12-22)13-21-9-7-20(2)8-10-21/h3-4,16,18-19H,5-14H2,1-2H3/t16-,18-,19+/m0/s1. The molecule has 1 aromatic heterocycles. The van der Waals surface area contributed by atoms with Gasteiger partial charge in [0, 0.05) is 61.5 Å². The van der Waals surface area contributed by atoms with E-state index in [0.29, 0.717) is 6.10 Å². The smallest absolute Gasteiger partial charge is 0.0745 e. The van der Waals surface area contributed by atoms with Crippen LogP contribution in [0.2, 0.25) is 0 Å². The molecular formula is C19H31N3OS. The molecule has 0 saturated carbocycles. The van der Waals surface area contributed by atoms with Gasteiger partial charge in [-0.15, -0.1) is 11.3 Å². The third-order valence-corrected chi connectivity index (χ3v) is 7.09. The molecule has 5 heteroatoms. The Balaban J connectivity index is 1.33. The Bertz CT molecular complexity index is 540. The molecular weight excluding hydrogens is 318 g/mol. The number of nitrogens with zero attached hydrogens (tertiary/aromatic N) is 3. The van der Waals surface area contributed by atoms with Crippen LogP contribution in [0.1, 0.15) is 16.2 Å². The molecule has 4 heterocycles. The number of ether oxygens (including phenoxy) is 1. The van der Waals surface area contributed by atoms with Gasteiger partial charge in [-0.2, -0.15) is 0 Å². The highest BCUT2D eigenvalue weighted by atomic mass is 32.1. The van der Waals surface area contributed by atoms with Crippen LogP contribution in [0.15, 0.2) is 12.1 Å². The van der Waals surface area contributed by atoms with Crippen molar-refractivity contribution in [3.8, 4) is 0 Å². The van der Waals surface area contributed by atoms with Gasteiger partial charge in [-0.1, -0.05) is 0 Å². The Morgan fingerprint density at radius 3 is 2.71 bits per heavy atom. The molecule has 4 rings (SSSR count). The van der Waals surface area contributed by atoms with Gasteiger partial charge in [0.15, 0.2) is 0 Å². The lowest BCUT2D eigenvalue weighted by Gasteiger charge is -2.38. The summed E-state index contributed by atoms with van der Waals surface area (Å²) in [5.41, 5.74) is 0. The second-order valence-electron chi connectivity index (χ2n) is 7.94. The number of piperidine rings is 1. The van der Waals surface area contributed by atoms with Crippen LogP contribution < -0.4 is 0 Å². The lowest BCUT2D eigenvalue weighted by atomic mass is 9.84. The lowest BCUT2D eigenvalue weighted by Crippen LogP contribution is -2.49. The largest absolute Gasteiger partial charge is 0.376 e. The topological polar surface area (TPSA) is 19.0 Å². The van der Waals surface area contributed by atoms with Crippen LogP contribution in [-0.2, 0) is 11.3 Å². The van der Waals surface area contributed by atoms with Gasteiger partial charge in [0.25, 0.3) is 0 Å². The third-order valence-electron chi connectivity index (χ3n) is 6.10. The summed E-state index contributed by atoms with van der Waals surface area (Å²) in [6.07, 6.45) is 1.76. The highest BCUT2D eigenvalue weighted by molar-refractivity contribution is 7.11. The normalized spacial score (nSPS) is 33.0. The minimum absolute atomic E-state index is 0.450. The Labute approximate surface area is 150 Å². The van der Waals surface area contributed by atoms with Crippen LogP contribution in [0.4, 0.5) is 0 Å². The van der Waals surface area contributed by atoms with Gasteiger partial charge in [0.05, 0.1) is 12.7 Å². The monoisotopic (exact) mass is 349 g/mol. The summed E-state index contributed by atoms with van der Waals surface area (Å²) in [7, 11) is 2.23. The van der Waals surface area contributed by atoms with E-state index in [1.165, 1.54) is 55.4 Å². The van der Waals surface area contributed by atoms with Crippen molar-refractivity contribution in [3.63, 3.8) is 0 Å². The molecule has 0 bridgehead atoms. The maximum absolute atomic E-state index is 6.25. The van der Waals surface area contributed by atoms with E-state index in [2.05, 4.69) is 40.8 Å². The van der Waals surface area contributed by atoms with Crippen molar-refractivity contribution in [3.05, 3.63) is 21.9 Å². The SMILES string of the molecule is Cc1ccc(CN2CC[C@H]3CO[C@H](CN4CCN(C)CC4)[C@H]3C2)s1. The van der Waals surface area contributed by atoms with Crippen LogP contribution in [0.25, 0.3) is 0 Å². The average molecular weight is 350 g/mol. The number of fused-ring (bicyclic) bond motifs is 1. The van der Waals surface area contributed by atoms with Crippen molar-refractivity contribution in [2.75, 3.05) is 59.5 Å². The van der Waals surface area contributed by atoms with Gasteiger partial charge in [-0.05, 0) is 45.0 Å². The Morgan fingerprint density at radius 2 is 1.96 bits per heavy atom. The zero-order chi connectivity index (χ0) is 16.5. The van der Waals surface area contributed by atoms with Crippen LogP contribution in [0, 0.1) is 18.8 Å². The first-order chi connectivity index (χ1) is 11.7. The molecule has 0 unspecified atom stereocenters. The summed E-state index contributed by atoms with van der Waals surface area (Å²) in [6, 6.07) is 4.56. The minimum atomic E-state index is 0.450. The molecule has 0 aromatic carbocycles. The molecule has 134 valence electrons. The molecule has 3 atom stereocenters. The summed E-state index contributed by atoms with van der Waals surface area (Å²) < 4.78 is 6.25. The van der Waals surface area contributed by atoms with Crippen molar-refractivity contribution in [1.29, 1.82) is 0 Å². The van der Waals surface area contributed by atoms with E-state index in [4.69, 9.17) is 4.74 Å². The van der Waals surface area contributed by atoms with Crippen LogP contribution in [0.5, 0.6) is 0 Å². The van der Waals surface area contributed by atoms with Crippen LogP contribution >= 0.6 is 11.3 Å². The number of piperazine rings is 1. The highest BCUT2D eigenvalue weighted by Crippen LogP contribution is 2.35. The zero-order valence-corrected chi connectivity index (χ0v) is 15.9. The summed E-state index contributed by atoms with van der Waals surface area (Å²) in [6.45, 7) is 12.7. The van der Waals surface area contributed by atoms with Gasteiger partial charge in [-0.3, -0.25) is 9.80 Å². The second-order valence-corrected chi connectivity index (χ2v) is 9.31. The number of thiophene rings is 1. The number of hydrogen-bond donors (Lipinski definition) is 0. The number of hydrogen-bond acceptors (Lipinski definition) is 5. The number of likely N-dealkylation sites (tertiary alicyclic amines) is 1. The maximum atomic E-state index is 6.25. The predicted octanol–water partition coefficient (Wildman–Crippen LogP) is 2.14. The van der Waals surface area contributed by atoms with E-state index in [9.17, 15) is 0 Å². The van der Waals surface area contributed by atoms with E-state index in [1.54, 1.807) is 0 Å². The van der Waals surface area contributed by atoms with Crippen molar-refractivity contribution in [2.45, 2.75) is 26.0 Å². The maximum Gasteiger partial charge on any atom is 0.0745 e. The molecule has 4 nitrogen and oxygen atoms in total. The molecule has 0 N–H and O–H groups in total. The molecule has 24 heavy (non-hydrogen) atoms. The summed E-state index contributed by atoms with van der Waals surface area (Å²) >= 11 is 1.95. The van der Waals surface area contributed by atoms with Crippen molar-refractivity contribution in [2.24, 2.45) is 11.8 Å². The fraction of sp³-hybridized carbons (Fsp3) is 0.789. The Hall–Kier alpha value is -0.460. The summed E-state index contributed by atoms with van der Waals surface area (Å²) in [5, 5.41) is 0. The Kier molecular flexibility index (Phi) is 5.25. The zero-order valence-electron chi connectivity index (χ0n) is 15.1. The lowest BCUT2D eigenvalue weighted by molar-refractivity contribution is 0.0298. The molecule has 3 fully saturated rings. The van der Waals surface area contributed by atoms with Gasteiger partial charge in [0.2, 0.25) is 0 Å². The molecule has 0 radical (unpaired) electrons. The molecule has 1 aromatic rings. The predicted molar refractivity (Wildman–Crippen MR) is 99.6 cm³/mol. The second kappa shape index (κ2) is 7.42. The van der Waals surface area contributed by atoms with Gasteiger partial charge >= 0.3 is 0 Å². The van der Waals surface area contributed by atoms with E-state index in [1.807, 2.05) is 11.3 Å². The first-order valence-corrected chi connectivity index (χ1v) is 10.3. The van der Waals surface area contributed by atoms with E-state index in [0.717, 1.165) is 31.5 Å². The highest BCUT2D eigenvalue weighted by Gasteiger charge is 2.41. The number of rotatable bonds is 4. The molecule has 0 amide bonds. The molecule has 0 spiro atoms. The summed E-state index contributed by atoms with van der Waals surface area (Å²) in [4.78, 5) is 10.7. The van der Waals surface area contributed by atoms with Crippen molar-refractivity contribution < 1.29 is 4.74 Å². The number of likely N-dealkylation sites (N-methyl/N-ethyl adjacent to an activating group) is 1. The first kappa shape index (κ1) is 17.0.